The summed E-state index contributed by atoms with van der Waals surface area (Å²) in [7, 11) is 0. The molecule has 0 aliphatic heterocycles. The topological polar surface area (TPSA) is 75.1 Å². The molecule has 0 fully saturated rings. The van der Waals surface area contributed by atoms with Crippen molar-refractivity contribution in [1.82, 2.24) is 19.6 Å². The summed E-state index contributed by atoms with van der Waals surface area (Å²) in [5.41, 5.74) is 1.90. The van der Waals surface area contributed by atoms with Crippen molar-refractivity contribution in [3.63, 3.8) is 0 Å². The van der Waals surface area contributed by atoms with Crippen LogP contribution in [0.2, 0.25) is 0 Å². The number of rotatable bonds is 2. The van der Waals surface area contributed by atoms with Gasteiger partial charge in [-0.05, 0) is 19.1 Å². The Morgan fingerprint density at radius 1 is 1.28 bits per heavy atom. The first kappa shape index (κ1) is 10.5. The van der Waals surface area contributed by atoms with Crippen molar-refractivity contribution in [2.45, 2.75) is 6.92 Å². The van der Waals surface area contributed by atoms with Gasteiger partial charge in [-0.15, -0.1) is 0 Å². The zero-order valence-electron chi connectivity index (χ0n) is 9.71. The van der Waals surface area contributed by atoms with Gasteiger partial charge in [-0.2, -0.15) is 5.10 Å². The van der Waals surface area contributed by atoms with Gasteiger partial charge in [0.2, 0.25) is 5.95 Å². The fourth-order valence-electron chi connectivity index (χ4n) is 1.78. The summed E-state index contributed by atoms with van der Waals surface area (Å²) in [4.78, 5) is 16.0. The molecule has 0 radical (unpaired) electrons. The number of anilines is 2. The van der Waals surface area contributed by atoms with Crippen LogP contribution < -0.4 is 11.0 Å². The normalized spacial score (nSPS) is 10.7. The molecule has 1 aromatic carbocycles. The van der Waals surface area contributed by atoms with E-state index in [9.17, 15) is 4.79 Å². The van der Waals surface area contributed by atoms with E-state index in [4.69, 9.17) is 0 Å². The Kier molecular flexibility index (Phi) is 2.33. The van der Waals surface area contributed by atoms with Crippen molar-refractivity contribution < 1.29 is 0 Å². The number of aryl methyl sites for hydroxylation is 1. The molecule has 0 bridgehead atoms. The van der Waals surface area contributed by atoms with E-state index >= 15 is 0 Å². The minimum absolute atomic E-state index is 0.309. The largest absolute Gasteiger partial charge is 0.350 e. The molecule has 0 saturated heterocycles. The maximum atomic E-state index is 11.7. The first-order chi connectivity index (χ1) is 8.74. The zero-order chi connectivity index (χ0) is 12.5. The van der Waals surface area contributed by atoms with Crippen molar-refractivity contribution in [3.05, 3.63) is 52.6 Å². The summed E-state index contributed by atoms with van der Waals surface area (Å²) in [6.07, 6.45) is 0. The van der Waals surface area contributed by atoms with Crippen LogP contribution in [0, 0.1) is 6.92 Å². The van der Waals surface area contributed by atoms with Crippen molar-refractivity contribution in [2.24, 2.45) is 0 Å². The van der Waals surface area contributed by atoms with Crippen LogP contribution in [0.15, 0.2) is 41.2 Å². The third kappa shape index (κ3) is 1.73. The molecule has 0 unspecified atom stereocenters. The second-order valence-electron chi connectivity index (χ2n) is 3.93. The lowest BCUT2D eigenvalue weighted by atomic mass is 10.3. The summed E-state index contributed by atoms with van der Waals surface area (Å²) in [5, 5.41) is 9.44. The van der Waals surface area contributed by atoms with Crippen LogP contribution in [0.4, 0.5) is 11.6 Å². The van der Waals surface area contributed by atoms with Crippen LogP contribution in [-0.4, -0.2) is 19.6 Å². The highest BCUT2D eigenvalue weighted by atomic mass is 16.1. The molecular weight excluding hydrogens is 230 g/mol. The summed E-state index contributed by atoms with van der Waals surface area (Å²) < 4.78 is 1.40. The molecule has 0 amide bonds. The molecule has 90 valence electrons. The van der Waals surface area contributed by atoms with Gasteiger partial charge in [0.05, 0.1) is 0 Å². The number of fused-ring (bicyclic) bond motifs is 1. The average Bonchev–Trinajstić information content (AvgIpc) is 2.72. The lowest BCUT2D eigenvalue weighted by molar-refractivity contribution is 0.992. The molecule has 0 atom stereocenters. The van der Waals surface area contributed by atoms with Crippen LogP contribution in [0.25, 0.3) is 5.65 Å². The zero-order valence-corrected chi connectivity index (χ0v) is 9.71. The molecule has 3 rings (SSSR count). The van der Waals surface area contributed by atoms with Gasteiger partial charge in [0.25, 0.3) is 0 Å². The van der Waals surface area contributed by atoms with Gasteiger partial charge in [-0.25, -0.2) is 19.3 Å². The maximum Gasteiger partial charge on any atom is 0.350 e. The number of hydrogen-bond donors (Lipinski definition) is 2. The molecule has 0 saturated carbocycles. The van der Waals surface area contributed by atoms with E-state index in [2.05, 4.69) is 20.5 Å². The first-order valence-electron chi connectivity index (χ1n) is 5.51. The van der Waals surface area contributed by atoms with Gasteiger partial charge >= 0.3 is 5.69 Å². The third-order valence-corrected chi connectivity index (χ3v) is 2.56. The number of nitrogens with one attached hydrogen (secondary N) is 2. The number of aromatic amines is 1. The van der Waals surface area contributed by atoms with E-state index in [0.717, 1.165) is 11.4 Å². The first-order valence-corrected chi connectivity index (χ1v) is 5.51. The molecule has 2 aromatic heterocycles. The van der Waals surface area contributed by atoms with Crippen molar-refractivity contribution >= 4 is 17.3 Å². The number of hydrogen-bond acceptors (Lipinski definition) is 4. The Bertz CT molecular complexity index is 744. The minimum Gasteiger partial charge on any atom is -0.325 e. The fourth-order valence-corrected chi connectivity index (χ4v) is 1.78. The third-order valence-electron chi connectivity index (χ3n) is 2.56. The van der Waals surface area contributed by atoms with E-state index in [0.29, 0.717) is 11.6 Å². The second kappa shape index (κ2) is 3.99. The van der Waals surface area contributed by atoms with Crippen LogP contribution in [0.1, 0.15) is 5.69 Å². The Morgan fingerprint density at radius 2 is 2.06 bits per heavy atom. The molecule has 6 nitrogen and oxygen atoms in total. The van der Waals surface area contributed by atoms with Gasteiger partial charge in [0.15, 0.2) is 5.65 Å². The van der Waals surface area contributed by atoms with Gasteiger partial charge in [0.1, 0.15) is 0 Å². The number of para-hydroxylation sites is 1. The fraction of sp³-hybridized carbons (Fsp3) is 0.0833. The Balaban J connectivity index is 2.16. The lowest BCUT2D eigenvalue weighted by Crippen LogP contribution is -2.14. The molecular formula is C12H11N5O. The predicted octanol–water partition coefficient (Wildman–Crippen LogP) is 1.47. The summed E-state index contributed by atoms with van der Waals surface area (Å²) in [6, 6.07) is 11.3. The van der Waals surface area contributed by atoms with Crippen molar-refractivity contribution in [1.29, 1.82) is 0 Å². The van der Waals surface area contributed by atoms with Gasteiger partial charge in [0, 0.05) is 17.4 Å². The van der Waals surface area contributed by atoms with Crippen LogP contribution >= 0.6 is 0 Å². The average molecular weight is 241 g/mol. The highest BCUT2D eigenvalue weighted by Gasteiger charge is 2.08. The number of nitrogens with zero attached hydrogens (tertiary/aromatic N) is 3. The van der Waals surface area contributed by atoms with Gasteiger partial charge in [-0.3, -0.25) is 0 Å². The van der Waals surface area contributed by atoms with E-state index < -0.39 is 0 Å². The quantitative estimate of drug-likeness (QED) is 0.712. The van der Waals surface area contributed by atoms with E-state index in [1.165, 1.54) is 4.40 Å². The summed E-state index contributed by atoms with van der Waals surface area (Å²) in [5.74, 6) is 0.454. The molecule has 0 spiro atoms. The smallest absolute Gasteiger partial charge is 0.325 e. The van der Waals surface area contributed by atoms with Gasteiger partial charge < -0.3 is 5.32 Å². The second-order valence-corrected chi connectivity index (χ2v) is 3.93. The Morgan fingerprint density at radius 3 is 2.83 bits per heavy atom. The SMILES string of the molecule is Cc1cc2n[nH]c(=O)n2c(Nc2ccccc2)n1. The molecule has 0 aliphatic rings. The van der Waals surface area contributed by atoms with Gasteiger partial charge in [-0.1, -0.05) is 18.2 Å². The molecule has 2 heterocycles. The molecule has 2 N–H and O–H groups in total. The van der Waals surface area contributed by atoms with E-state index in [1.54, 1.807) is 6.07 Å². The van der Waals surface area contributed by atoms with Crippen LogP contribution in [0.5, 0.6) is 0 Å². The minimum atomic E-state index is -0.309. The number of benzene rings is 1. The number of H-pyrrole nitrogens is 1. The molecule has 3 aromatic rings. The van der Waals surface area contributed by atoms with E-state index in [1.807, 2.05) is 37.3 Å². The van der Waals surface area contributed by atoms with Crippen molar-refractivity contribution in [2.75, 3.05) is 5.32 Å². The van der Waals surface area contributed by atoms with Crippen LogP contribution in [-0.2, 0) is 0 Å². The Hall–Kier alpha value is -2.63. The predicted molar refractivity (Wildman–Crippen MR) is 68.1 cm³/mol. The highest BCUT2D eigenvalue weighted by molar-refractivity contribution is 5.56. The molecule has 18 heavy (non-hydrogen) atoms. The highest BCUT2D eigenvalue weighted by Crippen LogP contribution is 2.14. The number of aromatic nitrogens is 4. The van der Waals surface area contributed by atoms with Crippen LogP contribution in [0.3, 0.4) is 0 Å². The standard InChI is InChI=1S/C12H11N5O/c1-8-7-10-15-16-12(18)17(10)11(13-8)14-9-5-3-2-4-6-9/h2-7H,1H3,(H,13,14)(H,16,18). The molecule has 0 aliphatic carbocycles. The summed E-state index contributed by atoms with van der Waals surface area (Å²) >= 11 is 0. The Labute approximate surface area is 102 Å². The monoisotopic (exact) mass is 241 g/mol. The lowest BCUT2D eigenvalue weighted by Gasteiger charge is -2.07. The summed E-state index contributed by atoms with van der Waals surface area (Å²) in [6.45, 7) is 1.86. The molecule has 6 heteroatoms. The van der Waals surface area contributed by atoms with Crippen molar-refractivity contribution in [3.8, 4) is 0 Å². The van der Waals surface area contributed by atoms with E-state index in [-0.39, 0.29) is 5.69 Å². The maximum absolute atomic E-state index is 11.7.